The van der Waals surface area contributed by atoms with Crippen LogP contribution in [0.4, 0.5) is 0 Å². The van der Waals surface area contributed by atoms with Crippen molar-refractivity contribution in [1.82, 2.24) is 4.90 Å². The van der Waals surface area contributed by atoms with Crippen molar-refractivity contribution in [2.75, 3.05) is 13.1 Å². The van der Waals surface area contributed by atoms with Gasteiger partial charge in [0.25, 0.3) is 0 Å². The van der Waals surface area contributed by atoms with Crippen LogP contribution in [0, 0.1) is 0 Å². The summed E-state index contributed by atoms with van der Waals surface area (Å²) in [6.07, 6.45) is 4.15. The number of carbonyl (C=O) groups excluding carboxylic acids is 4. The molecule has 4 rings (SSSR count). The molecule has 0 spiro atoms. The van der Waals surface area contributed by atoms with Crippen LogP contribution < -0.4 is 0 Å². The summed E-state index contributed by atoms with van der Waals surface area (Å²) in [4.78, 5) is 60.2. The highest BCUT2D eigenvalue weighted by Gasteiger charge is 2.38. The number of hydrogen-bond donors (Lipinski definition) is 0. The molecule has 0 fully saturated rings. The molecular formula is C38H44N2O5. The molecule has 0 saturated carbocycles. The number of hydrogen-bond acceptors (Lipinski definition) is 7. The van der Waals surface area contributed by atoms with Crippen LogP contribution >= 0.6 is 0 Å². The van der Waals surface area contributed by atoms with Crippen LogP contribution in [0.2, 0.25) is 0 Å². The Kier molecular flexibility index (Phi) is 11.0. The van der Waals surface area contributed by atoms with Crippen molar-refractivity contribution in [3.8, 4) is 11.1 Å². The van der Waals surface area contributed by atoms with Gasteiger partial charge in [0.15, 0.2) is 11.6 Å². The Morgan fingerprint density at radius 3 is 1.96 bits per heavy atom. The Bertz CT molecular complexity index is 1600. The fraction of sp³-hybridized carbons (Fsp3) is 0.395. The van der Waals surface area contributed by atoms with E-state index in [1.807, 2.05) is 70.2 Å². The lowest BCUT2D eigenvalue weighted by atomic mass is 9.86. The van der Waals surface area contributed by atoms with Crippen molar-refractivity contribution in [2.45, 2.75) is 85.1 Å². The van der Waals surface area contributed by atoms with Gasteiger partial charge in [0.1, 0.15) is 5.71 Å². The summed E-state index contributed by atoms with van der Waals surface area (Å²) < 4.78 is 0. The maximum atomic E-state index is 14.0. The normalized spacial score (nSPS) is 14.2. The molecule has 1 atom stereocenters. The van der Waals surface area contributed by atoms with Crippen LogP contribution in [0.25, 0.3) is 11.1 Å². The summed E-state index contributed by atoms with van der Waals surface area (Å²) in [7, 11) is 0. The van der Waals surface area contributed by atoms with Crippen LogP contribution in [0.1, 0.15) is 122 Å². The van der Waals surface area contributed by atoms with Crippen molar-refractivity contribution >= 4 is 29.0 Å². The molecule has 3 aromatic carbocycles. The summed E-state index contributed by atoms with van der Waals surface area (Å²) in [6, 6.07) is 20.1. The number of ketones is 3. The number of likely N-dealkylation sites (N-methyl/N-ethyl adjacent to an activating group) is 1. The third-order valence-electron chi connectivity index (χ3n) is 8.79. The van der Waals surface area contributed by atoms with E-state index in [4.69, 9.17) is 4.84 Å². The van der Waals surface area contributed by atoms with Gasteiger partial charge in [-0.3, -0.25) is 19.3 Å². The van der Waals surface area contributed by atoms with Gasteiger partial charge in [-0.05, 0) is 74.2 Å². The number of oxime groups is 1. The zero-order valence-electron chi connectivity index (χ0n) is 27.3. The first-order valence-corrected chi connectivity index (χ1v) is 16.0. The summed E-state index contributed by atoms with van der Waals surface area (Å²) >= 11 is 0. The van der Waals surface area contributed by atoms with E-state index in [1.165, 1.54) is 6.92 Å². The molecule has 0 aromatic heterocycles. The summed E-state index contributed by atoms with van der Waals surface area (Å²) in [5.74, 6) is -1.56. The summed E-state index contributed by atoms with van der Waals surface area (Å²) in [5.41, 5.74) is 4.06. The Morgan fingerprint density at radius 1 is 0.778 bits per heavy atom. The standard InChI is InChI=1S/C38H44N2O5/c1-7-10-11-15-18-33(39-45-25(4)41)35(42)27-19-21-29-31(23-27)32-24-28(37(44)38(5,6)40(8-2)9-3)20-22-30(32)34(29)36(43)26-16-13-12-14-17-26/h12-14,16-17,19-24,34H,7-11,15,18H2,1-6H3/b39-33+. The second kappa shape index (κ2) is 14.7. The van der Waals surface area contributed by atoms with E-state index in [2.05, 4.69) is 17.0 Å². The van der Waals surface area contributed by atoms with E-state index in [-0.39, 0.29) is 23.1 Å². The molecule has 7 nitrogen and oxygen atoms in total. The minimum Gasteiger partial charge on any atom is -0.318 e. The van der Waals surface area contributed by atoms with Gasteiger partial charge in [-0.1, -0.05) is 99.8 Å². The number of Topliss-reactive ketones (excluding diaryl/α,β-unsaturated/α-hetero) is 3. The number of benzene rings is 3. The van der Waals surface area contributed by atoms with E-state index in [0.717, 1.165) is 61.0 Å². The molecule has 0 radical (unpaired) electrons. The van der Waals surface area contributed by atoms with Crippen LogP contribution in [0.15, 0.2) is 71.9 Å². The minimum atomic E-state index is -0.726. The van der Waals surface area contributed by atoms with Crippen LogP contribution in [-0.4, -0.2) is 52.6 Å². The third-order valence-corrected chi connectivity index (χ3v) is 8.79. The largest absolute Gasteiger partial charge is 0.331 e. The number of nitrogens with zero attached hydrogens (tertiary/aromatic N) is 2. The maximum absolute atomic E-state index is 14.0. The van der Waals surface area contributed by atoms with Gasteiger partial charge in [-0.2, -0.15) is 0 Å². The summed E-state index contributed by atoms with van der Waals surface area (Å²) in [5, 5.41) is 3.93. The van der Waals surface area contributed by atoms with Crippen LogP contribution in [-0.2, 0) is 9.63 Å². The molecule has 1 aliphatic rings. The molecule has 0 amide bonds. The Morgan fingerprint density at radius 2 is 1.38 bits per heavy atom. The van der Waals surface area contributed by atoms with E-state index < -0.39 is 17.4 Å². The topological polar surface area (TPSA) is 93.1 Å². The molecule has 0 heterocycles. The fourth-order valence-corrected chi connectivity index (χ4v) is 6.30. The quantitative estimate of drug-likeness (QED) is 0.0570. The molecule has 0 N–H and O–H groups in total. The van der Waals surface area contributed by atoms with Crippen molar-refractivity contribution < 1.29 is 24.0 Å². The van der Waals surface area contributed by atoms with E-state index in [9.17, 15) is 19.2 Å². The van der Waals surface area contributed by atoms with E-state index >= 15 is 0 Å². The highest BCUT2D eigenvalue weighted by molar-refractivity contribution is 6.46. The van der Waals surface area contributed by atoms with Gasteiger partial charge >= 0.3 is 5.97 Å². The van der Waals surface area contributed by atoms with E-state index in [1.54, 1.807) is 24.3 Å². The zero-order valence-corrected chi connectivity index (χ0v) is 27.3. The molecule has 45 heavy (non-hydrogen) atoms. The molecular weight excluding hydrogens is 564 g/mol. The fourth-order valence-electron chi connectivity index (χ4n) is 6.30. The molecule has 3 aromatic rings. The average Bonchev–Trinajstić information content (AvgIpc) is 3.37. The second-order valence-electron chi connectivity index (χ2n) is 12.1. The van der Waals surface area contributed by atoms with Gasteiger partial charge in [-0.15, -0.1) is 0 Å². The van der Waals surface area contributed by atoms with Crippen LogP contribution in [0.3, 0.4) is 0 Å². The van der Waals surface area contributed by atoms with Crippen molar-refractivity contribution in [1.29, 1.82) is 0 Å². The molecule has 1 unspecified atom stereocenters. The Balaban J connectivity index is 1.81. The van der Waals surface area contributed by atoms with Gasteiger partial charge < -0.3 is 4.84 Å². The molecule has 0 bridgehead atoms. The third kappa shape index (κ3) is 7.20. The van der Waals surface area contributed by atoms with Crippen LogP contribution in [0.5, 0.6) is 0 Å². The number of rotatable bonds is 15. The van der Waals surface area contributed by atoms with Gasteiger partial charge in [0.05, 0.1) is 11.5 Å². The first kappa shape index (κ1) is 33.7. The SMILES string of the molecule is CCCCCC/C(=N\OC(C)=O)C(=O)c1ccc2c(c1)-c1cc(C(=O)C(C)(C)N(CC)CC)ccc1C2C(=O)c1ccccc1. The van der Waals surface area contributed by atoms with E-state index in [0.29, 0.717) is 23.1 Å². The number of unbranched alkanes of at least 4 members (excludes halogenated alkanes) is 3. The van der Waals surface area contributed by atoms with Crippen molar-refractivity contribution in [3.05, 3.63) is 94.5 Å². The average molecular weight is 609 g/mol. The predicted octanol–water partition coefficient (Wildman–Crippen LogP) is 8.06. The smallest absolute Gasteiger partial charge is 0.318 e. The molecule has 236 valence electrons. The number of carbonyl (C=O) groups is 4. The molecule has 0 saturated heterocycles. The minimum absolute atomic E-state index is 0.0107. The van der Waals surface area contributed by atoms with Gasteiger partial charge in [-0.25, -0.2) is 4.79 Å². The lowest BCUT2D eigenvalue weighted by Crippen LogP contribution is -2.49. The summed E-state index contributed by atoms with van der Waals surface area (Å²) in [6.45, 7) is 12.8. The highest BCUT2D eigenvalue weighted by Crippen LogP contribution is 2.47. The van der Waals surface area contributed by atoms with Crippen molar-refractivity contribution in [3.63, 3.8) is 0 Å². The Labute approximate surface area is 266 Å². The monoisotopic (exact) mass is 608 g/mol. The molecule has 0 aliphatic heterocycles. The van der Waals surface area contributed by atoms with Crippen molar-refractivity contribution in [2.24, 2.45) is 5.16 Å². The second-order valence-corrected chi connectivity index (χ2v) is 12.1. The maximum Gasteiger partial charge on any atom is 0.331 e. The molecule has 7 heteroatoms. The zero-order chi connectivity index (χ0) is 32.7. The first-order chi connectivity index (χ1) is 21.5. The van der Waals surface area contributed by atoms with Gasteiger partial charge in [0, 0.05) is 23.6 Å². The van der Waals surface area contributed by atoms with Gasteiger partial charge in [0.2, 0.25) is 5.78 Å². The predicted molar refractivity (Wildman–Crippen MR) is 178 cm³/mol. The first-order valence-electron chi connectivity index (χ1n) is 16.0. The highest BCUT2D eigenvalue weighted by atomic mass is 16.7. The molecule has 1 aliphatic carbocycles. The lowest BCUT2D eigenvalue weighted by molar-refractivity contribution is -0.140. The number of fused-ring (bicyclic) bond motifs is 3. The Hall–Kier alpha value is -4.23. The lowest BCUT2D eigenvalue weighted by Gasteiger charge is -2.35.